The lowest BCUT2D eigenvalue weighted by Gasteiger charge is -2.22. The van der Waals surface area contributed by atoms with Crippen molar-refractivity contribution < 1.29 is 14.3 Å². The molecule has 2 saturated heterocycles. The van der Waals surface area contributed by atoms with Crippen molar-refractivity contribution in [1.82, 2.24) is 5.32 Å². The highest BCUT2D eigenvalue weighted by Crippen LogP contribution is 2.19. The molecule has 0 saturated carbocycles. The van der Waals surface area contributed by atoms with Gasteiger partial charge in [0.1, 0.15) is 12.4 Å². The molecule has 0 bridgehead atoms. The summed E-state index contributed by atoms with van der Waals surface area (Å²) in [5.41, 5.74) is 0.808. The Balaban J connectivity index is 0.00000208. The molecule has 1 aromatic carbocycles. The fraction of sp³-hybridized carbons (Fsp3) is 0.588. The minimum atomic E-state index is 0. The third-order valence-electron chi connectivity index (χ3n) is 4.03. The predicted octanol–water partition coefficient (Wildman–Crippen LogP) is 2.70. The number of hydrogen-bond donors (Lipinski definition) is 2. The average Bonchev–Trinajstić information content (AvgIpc) is 3.08. The largest absolute Gasteiger partial charge is 0.491 e. The smallest absolute Gasteiger partial charge is 0.225 e. The molecule has 1 amide bonds. The van der Waals surface area contributed by atoms with E-state index in [1.165, 1.54) is 0 Å². The Morgan fingerprint density at radius 2 is 2.21 bits per heavy atom. The number of halogens is 1. The Bertz CT molecular complexity index is 503. The van der Waals surface area contributed by atoms with Crippen molar-refractivity contribution in [1.29, 1.82) is 0 Å². The lowest BCUT2D eigenvalue weighted by Crippen LogP contribution is -2.39. The van der Waals surface area contributed by atoms with Gasteiger partial charge >= 0.3 is 0 Å². The maximum absolute atomic E-state index is 12.1. The fourth-order valence-electron chi connectivity index (χ4n) is 2.79. The minimum Gasteiger partial charge on any atom is -0.491 e. The lowest BCUT2D eigenvalue weighted by molar-refractivity contribution is -0.116. The van der Waals surface area contributed by atoms with Gasteiger partial charge in [-0.15, -0.1) is 12.4 Å². The van der Waals surface area contributed by atoms with E-state index in [1.54, 1.807) is 0 Å². The van der Waals surface area contributed by atoms with Crippen LogP contribution in [-0.4, -0.2) is 49.3 Å². The second-order valence-electron chi connectivity index (χ2n) is 5.95. The summed E-state index contributed by atoms with van der Waals surface area (Å²) in [5.74, 6) is 3.00. The number of carbonyl (C=O) groups is 1. The molecule has 5 nitrogen and oxygen atoms in total. The van der Waals surface area contributed by atoms with Crippen molar-refractivity contribution in [3.8, 4) is 5.75 Å². The SMILES string of the molecule is Cl.O=C(CC1CSCCN1)Nc1ccc(OCC2CCCO2)cc1. The molecule has 134 valence electrons. The molecule has 2 atom stereocenters. The third-order valence-corrected chi connectivity index (χ3v) is 5.16. The van der Waals surface area contributed by atoms with E-state index in [0.717, 1.165) is 48.9 Å². The Kier molecular flexibility index (Phi) is 8.18. The molecule has 2 heterocycles. The van der Waals surface area contributed by atoms with Crippen LogP contribution in [0.4, 0.5) is 5.69 Å². The van der Waals surface area contributed by atoms with E-state index >= 15 is 0 Å². The van der Waals surface area contributed by atoms with E-state index in [4.69, 9.17) is 9.47 Å². The number of amides is 1. The molecule has 3 rings (SSSR count). The van der Waals surface area contributed by atoms with Crippen LogP contribution >= 0.6 is 24.2 Å². The van der Waals surface area contributed by atoms with Crippen LogP contribution in [0.15, 0.2) is 24.3 Å². The first kappa shape index (κ1) is 19.4. The number of thioether (sulfide) groups is 1. The Hall–Kier alpha value is -0.950. The molecular formula is C17H25ClN2O3S. The van der Waals surface area contributed by atoms with Crippen LogP contribution in [0.1, 0.15) is 19.3 Å². The number of carbonyl (C=O) groups excluding carboxylic acids is 1. The van der Waals surface area contributed by atoms with Gasteiger partial charge in [-0.25, -0.2) is 0 Å². The van der Waals surface area contributed by atoms with E-state index < -0.39 is 0 Å². The molecule has 1 aromatic rings. The maximum Gasteiger partial charge on any atom is 0.225 e. The highest BCUT2D eigenvalue weighted by Gasteiger charge is 2.17. The highest BCUT2D eigenvalue weighted by atomic mass is 35.5. The van der Waals surface area contributed by atoms with E-state index in [-0.39, 0.29) is 30.5 Å². The summed E-state index contributed by atoms with van der Waals surface area (Å²) in [6.07, 6.45) is 2.93. The van der Waals surface area contributed by atoms with Crippen LogP contribution in [0, 0.1) is 0 Å². The number of rotatable bonds is 6. The van der Waals surface area contributed by atoms with Crippen LogP contribution in [0.2, 0.25) is 0 Å². The second-order valence-corrected chi connectivity index (χ2v) is 7.10. The molecule has 0 radical (unpaired) electrons. The maximum atomic E-state index is 12.1. The summed E-state index contributed by atoms with van der Waals surface area (Å²) in [6, 6.07) is 7.82. The van der Waals surface area contributed by atoms with Crippen molar-refractivity contribution in [2.75, 3.05) is 36.6 Å². The molecule has 7 heteroatoms. The standard InChI is InChI=1S/C17H24N2O3S.ClH/c20-17(10-14-12-23-9-7-18-14)19-13-3-5-15(6-4-13)22-11-16-2-1-8-21-16;/h3-6,14,16,18H,1-2,7-12H2,(H,19,20);1H. The number of hydrogen-bond acceptors (Lipinski definition) is 5. The monoisotopic (exact) mass is 372 g/mol. The highest BCUT2D eigenvalue weighted by molar-refractivity contribution is 7.99. The Labute approximate surface area is 153 Å². The van der Waals surface area contributed by atoms with Crippen molar-refractivity contribution in [2.24, 2.45) is 0 Å². The number of nitrogens with one attached hydrogen (secondary N) is 2. The van der Waals surface area contributed by atoms with Crippen molar-refractivity contribution in [2.45, 2.75) is 31.4 Å². The van der Waals surface area contributed by atoms with Gasteiger partial charge in [0, 0.05) is 42.8 Å². The molecule has 2 fully saturated rings. The summed E-state index contributed by atoms with van der Waals surface area (Å²) in [7, 11) is 0. The van der Waals surface area contributed by atoms with Gasteiger partial charge in [0.2, 0.25) is 5.91 Å². The van der Waals surface area contributed by atoms with Crippen LogP contribution < -0.4 is 15.4 Å². The average molecular weight is 373 g/mol. The van der Waals surface area contributed by atoms with E-state index in [1.807, 2.05) is 36.0 Å². The molecule has 0 spiro atoms. The zero-order chi connectivity index (χ0) is 15.9. The van der Waals surface area contributed by atoms with Gasteiger partial charge in [0.05, 0.1) is 6.10 Å². The fourth-order valence-corrected chi connectivity index (χ4v) is 3.74. The summed E-state index contributed by atoms with van der Waals surface area (Å²) < 4.78 is 11.3. The van der Waals surface area contributed by atoms with E-state index in [2.05, 4.69) is 10.6 Å². The molecule has 0 aliphatic carbocycles. The first-order chi connectivity index (χ1) is 11.3. The first-order valence-corrected chi connectivity index (χ1v) is 9.40. The van der Waals surface area contributed by atoms with Gasteiger partial charge < -0.3 is 20.1 Å². The molecule has 2 unspecified atom stereocenters. The minimum absolute atomic E-state index is 0. The van der Waals surface area contributed by atoms with Crippen molar-refractivity contribution >= 4 is 35.8 Å². The van der Waals surface area contributed by atoms with Crippen LogP contribution in [0.5, 0.6) is 5.75 Å². The quantitative estimate of drug-likeness (QED) is 0.804. The Morgan fingerprint density at radius 1 is 1.38 bits per heavy atom. The van der Waals surface area contributed by atoms with Crippen LogP contribution in [0.3, 0.4) is 0 Å². The lowest BCUT2D eigenvalue weighted by atomic mass is 10.2. The Morgan fingerprint density at radius 3 is 2.88 bits per heavy atom. The predicted molar refractivity (Wildman–Crippen MR) is 101 cm³/mol. The zero-order valence-corrected chi connectivity index (χ0v) is 15.3. The number of ether oxygens (including phenoxy) is 2. The van der Waals surface area contributed by atoms with Gasteiger partial charge in [0.15, 0.2) is 0 Å². The summed E-state index contributed by atoms with van der Waals surface area (Å²) in [5, 5.41) is 6.32. The van der Waals surface area contributed by atoms with Crippen molar-refractivity contribution in [3.05, 3.63) is 24.3 Å². The molecule has 2 N–H and O–H groups in total. The van der Waals surface area contributed by atoms with Gasteiger partial charge in [-0.1, -0.05) is 0 Å². The van der Waals surface area contributed by atoms with Gasteiger partial charge in [-0.05, 0) is 37.1 Å². The zero-order valence-electron chi connectivity index (χ0n) is 13.7. The molecule has 0 aromatic heterocycles. The van der Waals surface area contributed by atoms with Crippen LogP contribution in [-0.2, 0) is 9.53 Å². The van der Waals surface area contributed by atoms with Gasteiger partial charge in [0.25, 0.3) is 0 Å². The van der Waals surface area contributed by atoms with Crippen LogP contribution in [0.25, 0.3) is 0 Å². The van der Waals surface area contributed by atoms with Gasteiger partial charge in [-0.2, -0.15) is 11.8 Å². The topological polar surface area (TPSA) is 59.6 Å². The summed E-state index contributed by atoms with van der Waals surface area (Å²) in [6.45, 7) is 2.42. The molecule has 2 aliphatic rings. The second kappa shape index (κ2) is 10.1. The summed E-state index contributed by atoms with van der Waals surface area (Å²) >= 11 is 1.90. The molecule has 24 heavy (non-hydrogen) atoms. The van der Waals surface area contributed by atoms with Gasteiger partial charge in [-0.3, -0.25) is 4.79 Å². The first-order valence-electron chi connectivity index (χ1n) is 8.25. The summed E-state index contributed by atoms with van der Waals surface area (Å²) in [4.78, 5) is 12.1. The van der Waals surface area contributed by atoms with Crippen molar-refractivity contribution in [3.63, 3.8) is 0 Å². The normalized spacial score (nSPS) is 23.3. The number of anilines is 1. The molecule has 2 aliphatic heterocycles. The molecular weight excluding hydrogens is 348 g/mol. The number of benzene rings is 1. The van der Waals surface area contributed by atoms with E-state index in [9.17, 15) is 4.79 Å². The third kappa shape index (κ3) is 6.16. The van der Waals surface area contributed by atoms with E-state index in [0.29, 0.717) is 13.0 Å².